The van der Waals surface area contributed by atoms with Crippen molar-refractivity contribution in [1.29, 1.82) is 0 Å². The van der Waals surface area contributed by atoms with Gasteiger partial charge in [-0.1, -0.05) is 0 Å². The predicted octanol–water partition coefficient (Wildman–Crippen LogP) is -3.51. The third kappa shape index (κ3) is 8.62. The molecule has 2 rings (SSSR count). The van der Waals surface area contributed by atoms with E-state index in [1.54, 1.807) is 27.7 Å². The van der Waals surface area contributed by atoms with E-state index in [0.717, 1.165) is 12.1 Å². The van der Waals surface area contributed by atoms with Crippen molar-refractivity contribution in [2.75, 3.05) is 0 Å². The molecule has 0 heterocycles. The van der Waals surface area contributed by atoms with Crippen LogP contribution in [-0.2, 0) is 22.2 Å². The quantitative estimate of drug-likeness (QED) is 0.343. The summed E-state index contributed by atoms with van der Waals surface area (Å²) in [5.41, 5.74) is 2.47. The van der Waals surface area contributed by atoms with Crippen LogP contribution in [0.5, 0.6) is 0 Å². The first-order valence-corrected chi connectivity index (χ1v) is 9.89. The Morgan fingerprint density at radius 1 is 0.700 bits per heavy atom. The third-order valence-electron chi connectivity index (χ3n) is 4.09. The van der Waals surface area contributed by atoms with Crippen molar-refractivity contribution in [2.24, 2.45) is 0 Å². The molecule has 152 valence electrons. The SMILES string of the molecule is Cc1cc(C(=O)O)cc(S(=O)[O-])c1C.Cc1cc(C(=O)O)cc(S(=O)[O-])c1C.[Na+].[Na+]. The Kier molecular flexibility index (Phi) is 14.7. The van der Waals surface area contributed by atoms with E-state index in [1.165, 1.54) is 12.1 Å². The number of rotatable bonds is 4. The second kappa shape index (κ2) is 13.9. The standard InChI is InChI=1S/2C9H10O4S.2Na/c2*1-5-3-7(9(10)11)4-8(6(5)2)14(12)13;;/h2*3-4H,1-2H3,(H,10,11)(H,12,13);;/q;;2*+1/p-2. The van der Waals surface area contributed by atoms with E-state index in [4.69, 9.17) is 10.2 Å². The van der Waals surface area contributed by atoms with E-state index >= 15 is 0 Å². The van der Waals surface area contributed by atoms with Gasteiger partial charge >= 0.3 is 71.1 Å². The minimum Gasteiger partial charge on any atom is -0.768 e. The summed E-state index contributed by atoms with van der Waals surface area (Å²) in [6, 6.07) is 5.23. The van der Waals surface area contributed by atoms with Gasteiger partial charge in [-0.25, -0.2) is 9.59 Å². The van der Waals surface area contributed by atoms with Crippen LogP contribution in [0.3, 0.4) is 0 Å². The number of hydrogen-bond donors (Lipinski definition) is 2. The first-order valence-electron chi connectivity index (χ1n) is 7.74. The Bertz CT molecular complexity index is 913. The van der Waals surface area contributed by atoms with Crippen LogP contribution in [0.2, 0.25) is 0 Å². The fourth-order valence-corrected chi connectivity index (χ4v) is 3.52. The molecule has 8 nitrogen and oxygen atoms in total. The zero-order valence-electron chi connectivity index (χ0n) is 17.5. The minimum absolute atomic E-state index is 0. The number of aryl methyl sites for hydroxylation is 2. The molecule has 30 heavy (non-hydrogen) atoms. The van der Waals surface area contributed by atoms with Crippen molar-refractivity contribution in [2.45, 2.75) is 37.5 Å². The molecule has 0 aromatic heterocycles. The van der Waals surface area contributed by atoms with Crippen molar-refractivity contribution in [1.82, 2.24) is 0 Å². The van der Waals surface area contributed by atoms with E-state index in [9.17, 15) is 27.1 Å². The molecule has 2 aromatic carbocycles. The summed E-state index contributed by atoms with van der Waals surface area (Å²) in [5.74, 6) is -2.25. The van der Waals surface area contributed by atoms with Gasteiger partial charge in [-0.2, -0.15) is 0 Å². The number of aromatic carboxylic acids is 2. The van der Waals surface area contributed by atoms with Gasteiger partial charge in [0.1, 0.15) is 0 Å². The van der Waals surface area contributed by atoms with Gasteiger partial charge in [0.05, 0.1) is 11.1 Å². The summed E-state index contributed by atoms with van der Waals surface area (Å²) in [5, 5.41) is 17.4. The summed E-state index contributed by atoms with van der Waals surface area (Å²) in [6.45, 7) is 6.65. The fraction of sp³-hybridized carbons (Fsp3) is 0.222. The van der Waals surface area contributed by atoms with Gasteiger partial charge in [-0.3, -0.25) is 8.42 Å². The Labute approximate surface area is 223 Å². The molecule has 2 unspecified atom stereocenters. The summed E-state index contributed by atoms with van der Waals surface area (Å²) in [6.07, 6.45) is 0. The Hall–Kier alpha value is -0.400. The maximum absolute atomic E-state index is 10.8. The van der Waals surface area contributed by atoms with Crippen molar-refractivity contribution in [3.63, 3.8) is 0 Å². The van der Waals surface area contributed by atoms with Crippen LogP contribution in [0.4, 0.5) is 0 Å². The number of hydrogen-bond acceptors (Lipinski definition) is 6. The Morgan fingerprint density at radius 3 is 1.17 bits per heavy atom. The zero-order chi connectivity index (χ0) is 21.8. The molecule has 0 aliphatic rings. The molecule has 0 aliphatic carbocycles. The van der Waals surface area contributed by atoms with Gasteiger partial charge in [-0.15, -0.1) is 0 Å². The minimum atomic E-state index is -2.39. The smallest absolute Gasteiger partial charge is 0.768 e. The predicted molar refractivity (Wildman–Crippen MR) is 100 cm³/mol. The normalized spacial score (nSPS) is 11.7. The fourth-order valence-electron chi connectivity index (χ4n) is 2.25. The van der Waals surface area contributed by atoms with Crippen molar-refractivity contribution < 1.29 is 96.4 Å². The van der Waals surface area contributed by atoms with Gasteiger partial charge in [-0.05, 0) is 96.4 Å². The Balaban J connectivity index is 0. The van der Waals surface area contributed by atoms with Crippen molar-refractivity contribution in [3.05, 3.63) is 57.6 Å². The molecule has 0 saturated heterocycles. The summed E-state index contributed by atoms with van der Waals surface area (Å²) >= 11 is -4.78. The van der Waals surface area contributed by atoms with E-state index in [0.29, 0.717) is 22.3 Å². The summed E-state index contributed by atoms with van der Waals surface area (Å²) < 4.78 is 43.0. The van der Waals surface area contributed by atoms with Gasteiger partial charge in [0.15, 0.2) is 0 Å². The van der Waals surface area contributed by atoms with E-state index in [2.05, 4.69) is 0 Å². The van der Waals surface area contributed by atoms with Crippen LogP contribution in [0.1, 0.15) is 43.0 Å². The average molecular weight is 472 g/mol. The largest absolute Gasteiger partial charge is 1.00 e. The van der Waals surface area contributed by atoms with Crippen LogP contribution in [-0.4, -0.2) is 39.7 Å². The molecular weight excluding hydrogens is 454 g/mol. The maximum atomic E-state index is 10.8. The average Bonchev–Trinajstić information content (AvgIpc) is 2.59. The van der Waals surface area contributed by atoms with Crippen LogP contribution in [0.15, 0.2) is 34.1 Å². The molecular formula is C18H18Na2O8S2. The molecule has 12 heteroatoms. The van der Waals surface area contributed by atoms with E-state index in [-0.39, 0.29) is 80.0 Å². The van der Waals surface area contributed by atoms with Gasteiger partial charge in [0.25, 0.3) is 0 Å². The molecule has 0 fully saturated rings. The van der Waals surface area contributed by atoms with Crippen LogP contribution in [0.25, 0.3) is 0 Å². The number of carboxylic acids is 2. The maximum Gasteiger partial charge on any atom is 1.00 e. The van der Waals surface area contributed by atoms with Crippen LogP contribution >= 0.6 is 0 Å². The van der Waals surface area contributed by atoms with E-state index in [1.807, 2.05) is 0 Å². The zero-order valence-corrected chi connectivity index (χ0v) is 23.1. The van der Waals surface area contributed by atoms with Gasteiger partial charge in [0.2, 0.25) is 0 Å². The molecule has 0 aliphatic heterocycles. The second-order valence-electron chi connectivity index (χ2n) is 5.91. The molecule has 0 saturated carbocycles. The number of carbonyl (C=O) groups is 2. The first kappa shape index (κ1) is 31.8. The monoisotopic (exact) mass is 472 g/mol. The van der Waals surface area contributed by atoms with Gasteiger partial charge < -0.3 is 19.3 Å². The summed E-state index contributed by atoms with van der Waals surface area (Å²) in [7, 11) is 0. The van der Waals surface area contributed by atoms with Crippen LogP contribution < -0.4 is 59.1 Å². The van der Waals surface area contributed by atoms with Crippen molar-refractivity contribution >= 4 is 34.1 Å². The Morgan fingerprint density at radius 2 is 0.967 bits per heavy atom. The molecule has 2 aromatic rings. The number of benzene rings is 2. The molecule has 0 amide bonds. The topological polar surface area (TPSA) is 155 Å². The molecule has 0 bridgehead atoms. The van der Waals surface area contributed by atoms with E-state index < -0.39 is 34.1 Å². The van der Waals surface area contributed by atoms with Crippen LogP contribution in [0, 0.1) is 27.7 Å². The van der Waals surface area contributed by atoms with Crippen molar-refractivity contribution in [3.8, 4) is 0 Å². The molecule has 0 spiro atoms. The molecule has 2 atom stereocenters. The molecule has 2 N–H and O–H groups in total. The third-order valence-corrected chi connectivity index (χ3v) is 5.66. The first-order chi connectivity index (χ1) is 12.9. The van der Waals surface area contributed by atoms with Gasteiger partial charge in [0, 0.05) is 9.79 Å². The number of carboxylic acid groups (broad SMARTS) is 2. The second-order valence-corrected chi connectivity index (χ2v) is 7.73. The summed E-state index contributed by atoms with van der Waals surface area (Å²) in [4.78, 5) is 21.4. The molecule has 0 radical (unpaired) electrons.